The Morgan fingerprint density at radius 2 is 1.96 bits per heavy atom. The number of carbonyl (C=O) groups is 1. The number of hydrogen-bond donors (Lipinski definition) is 0. The van der Waals surface area contributed by atoms with Gasteiger partial charge in [0.05, 0.1) is 12.1 Å². The number of rotatable bonds is 5. The van der Waals surface area contributed by atoms with Crippen LogP contribution in [0.1, 0.15) is 28.6 Å². The van der Waals surface area contributed by atoms with Gasteiger partial charge in [-0.05, 0) is 18.6 Å². The average molecular weight is 344 g/mol. The summed E-state index contributed by atoms with van der Waals surface area (Å²) >= 11 is 6.35. The van der Waals surface area contributed by atoms with E-state index in [9.17, 15) is 4.79 Å². The van der Waals surface area contributed by atoms with Crippen LogP contribution in [-0.4, -0.2) is 17.5 Å². The molecule has 0 amide bonds. The minimum atomic E-state index is -0.189. The number of Topliss-reactive ketones (excluding diaryl/α,β-unsaturated/α-hetero) is 1. The summed E-state index contributed by atoms with van der Waals surface area (Å²) in [4.78, 5) is 11.7. The van der Waals surface area contributed by atoms with Crippen LogP contribution in [0, 0.1) is 6.92 Å². The number of aromatic nitrogens is 1. The van der Waals surface area contributed by atoms with Gasteiger partial charge in [-0.3, -0.25) is 4.79 Å². The van der Waals surface area contributed by atoms with Crippen molar-refractivity contribution < 1.29 is 13.9 Å². The fraction of sp³-hybridized carbons (Fsp3) is 0.211. The molecule has 0 saturated carbocycles. The highest BCUT2D eigenvalue weighted by atomic mass is 35.5. The highest BCUT2D eigenvalue weighted by Crippen LogP contribution is 2.36. The van der Waals surface area contributed by atoms with Crippen LogP contribution < -0.4 is 4.74 Å². The number of methoxy groups -OCH3 is 1. The lowest BCUT2D eigenvalue weighted by Crippen LogP contribution is -2.00. The second-order valence-corrected chi connectivity index (χ2v) is 6.10. The summed E-state index contributed by atoms with van der Waals surface area (Å²) < 4.78 is 12.9. The molecule has 24 heavy (non-hydrogen) atoms. The molecule has 0 aliphatic heterocycles. The minimum Gasteiger partial charge on any atom is -0.493 e. The zero-order valence-corrected chi connectivity index (χ0v) is 14.6. The molecule has 0 aliphatic rings. The van der Waals surface area contributed by atoms with E-state index in [4.69, 9.17) is 20.8 Å². The second kappa shape index (κ2) is 6.57. The summed E-state index contributed by atoms with van der Waals surface area (Å²) in [6.07, 6.45) is 1.90. The van der Waals surface area contributed by atoms with E-state index in [1.54, 1.807) is 6.07 Å². The molecule has 3 aromatic rings. The molecule has 0 unspecified atom stereocenters. The molecule has 3 rings (SSSR count). The van der Waals surface area contributed by atoms with Crippen molar-refractivity contribution in [1.29, 1.82) is 0 Å². The number of furan rings is 1. The number of ether oxygens (including phenoxy) is 1. The fourth-order valence-corrected chi connectivity index (χ4v) is 2.87. The molecule has 0 saturated heterocycles. The Kier molecular flexibility index (Phi) is 4.49. The van der Waals surface area contributed by atoms with E-state index in [1.165, 1.54) is 19.6 Å². The van der Waals surface area contributed by atoms with Gasteiger partial charge in [-0.1, -0.05) is 41.4 Å². The lowest BCUT2D eigenvalue weighted by molar-refractivity contribution is 0.0984. The molecule has 2 aromatic heterocycles. The van der Waals surface area contributed by atoms with Gasteiger partial charge in [-0.2, -0.15) is 0 Å². The van der Waals surface area contributed by atoms with Crippen molar-refractivity contribution in [3.05, 3.63) is 64.5 Å². The Labute approximate surface area is 145 Å². The molecule has 124 valence electrons. The molecule has 0 radical (unpaired) electrons. The van der Waals surface area contributed by atoms with Crippen molar-refractivity contribution in [2.45, 2.75) is 20.4 Å². The predicted octanol–water partition coefficient (Wildman–Crippen LogP) is 4.97. The molecule has 0 spiro atoms. The molecule has 0 N–H and O–H groups in total. The summed E-state index contributed by atoms with van der Waals surface area (Å²) in [5.74, 6) is 0.938. The third-order valence-electron chi connectivity index (χ3n) is 3.86. The zero-order chi connectivity index (χ0) is 17.3. The summed E-state index contributed by atoms with van der Waals surface area (Å²) in [7, 11) is 1.51. The van der Waals surface area contributed by atoms with Gasteiger partial charge in [0.1, 0.15) is 5.69 Å². The predicted molar refractivity (Wildman–Crippen MR) is 94.0 cm³/mol. The quantitative estimate of drug-likeness (QED) is 0.614. The topological polar surface area (TPSA) is 44.4 Å². The SMILES string of the molecule is COc1cc(-c2c(Cl)ccn2Cc2ccc(C)cc2)oc1C(C)=O. The van der Waals surface area contributed by atoms with Crippen molar-refractivity contribution in [3.8, 4) is 17.2 Å². The normalized spacial score (nSPS) is 10.8. The Morgan fingerprint density at radius 1 is 1.25 bits per heavy atom. The highest BCUT2D eigenvalue weighted by molar-refractivity contribution is 6.33. The van der Waals surface area contributed by atoms with Gasteiger partial charge in [0.25, 0.3) is 0 Å². The first-order valence-electron chi connectivity index (χ1n) is 7.59. The molecular formula is C19H18ClNO3. The monoisotopic (exact) mass is 343 g/mol. The standard InChI is InChI=1S/C19H18ClNO3/c1-12-4-6-14(7-5-12)11-21-9-8-15(20)18(21)16-10-17(23-3)19(24-16)13(2)22/h4-10H,11H2,1-3H3. The Bertz CT molecular complexity index is 875. The van der Waals surface area contributed by atoms with Gasteiger partial charge in [0.2, 0.25) is 5.76 Å². The van der Waals surface area contributed by atoms with E-state index in [0.717, 1.165) is 11.3 Å². The minimum absolute atomic E-state index is 0.189. The maximum absolute atomic E-state index is 11.7. The second-order valence-electron chi connectivity index (χ2n) is 5.69. The van der Waals surface area contributed by atoms with E-state index in [1.807, 2.05) is 16.8 Å². The number of carbonyl (C=O) groups excluding carboxylic acids is 1. The average Bonchev–Trinajstić information content (AvgIpc) is 3.13. The lowest BCUT2D eigenvalue weighted by Gasteiger charge is -2.08. The van der Waals surface area contributed by atoms with Crippen LogP contribution in [-0.2, 0) is 6.54 Å². The van der Waals surface area contributed by atoms with Crippen LogP contribution in [0.4, 0.5) is 0 Å². The van der Waals surface area contributed by atoms with E-state index in [2.05, 4.69) is 31.2 Å². The Hall–Kier alpha value is -2.46. The molecule has 2 heterocycles. The molecule has 0 fully saturated rings. The van der Waals surface area contributed by atoms with Gasteiger partial charge in [-0.15, -0.1) is 0 Å². The van der Waals surface area contributed by atoms with Crippen molar-refractivity contribution >= 4 is 17.4 Å². The van der Waals surface area contributed by atoms with Crippen LogP contribution in [0.2, 0.25) is 5.02 Å². The Morgan fingerprint density at radius 3 is 2.54 bits per heavy atom. The number of halogens is 1. The van der Waals surface area contributed by atoms with Gasteiger partial charge < -0.3 is 13.7 Å². The number of ketones is 1. The van der Waals surface area contributed by atoms with Gasteiger partial charge >= 0.3 is 0 Å². The summed E-state index contributed by atoms with van der Waals surface area (Å²) in [6, 6.07) is 11.8. The van der Waals surface area contributed by atoms with Gasteiger partial charge in [0.15, 0.2) is 17.3 Å². The van der Waals surface area contributed by atoms with Crippen molar-refractivity contribution in [1.82, 2.24) is 4.57 Å². The van der Waals surface area contributed by atoms with Crippen LogP contribution in [0.5, 0.6) is 5.75 Å². The maximum Gasteiger partial charge on any atom is 0.212 e. The molecule has 4 nitrogen and oxygen atoms in total. The summed E-state index contributed by atoms with van der Waals surface area (Å²) in [5.41, 5.74) is 3.09. The number of benzene rings is 1. The van der Waals surface area contributed by atoms with Crippen molar-refractivity contribution in [2.24, 2.45) is 0 Å². The van der Waals surface area contributed by atoms with Crippen LogP contribution in [0.3, 0.4) is 0 Å². The molecule has 0 atom stereocenters. The third kappa shape index (κ3) is 3.10. The first-order valence-corrected chi connectivity index (χ1v) is 7.96. The van der Waals surface area contributed by atoms with E-state index in [0.29, 0.717) is 23.1 Å². The summed E-state index contributed by atoms with van der Waals surface area (Å²) in [6.45, 7) is 4.15. The van der Waals surface area contributed by atoms with E-state index >= 15 is 0 Å². The smallest absolute Gasteiger partial charge is 0.212 e. The van der Waals surface area contributed by atoms with Crippen LogP contribution in [0.15, 0.2) is 47.0 Å². The van der Waals surface area contributed by atoms with Crippen LogP contribution >= 0.6 is 11.6 Å². The Balaban J connectivity index is 2.01. The highest BCUT2D eigenvalue weighted by Gasteiger charge is 2.21. The number of aryl methyl sites for hydroxylation is 1. The fourth-order valence-electron chi connectivity index (χ4n) is 2.62. The van der Waals surface area contributed by atoms with Gasteiger partial charge in [0, 0.05) is 25.7 Å². The first kappa shape index (κ1) is 16.4. The molecular weight excluding hydrogens is 326 g/mol. The molecule has 5 heteroatoms. The first-order chi connectivity index (χ1) is 11.5. The van der Waals surface area contributed by atoms with E-state index in [-0.39, 0.29) is 11.5 Å². The maximum atomic E-state index is 11.7. The van der Waals surface area contributed by atoms with E-state index < -0.39 is 0 Å². The van der Waals surface area contributed by atoms with Crippen LogP contribution in [0.25, 0.3) is 11.5 Å². The number of nitrogens with zero attached hydrogens (tertiary/aromatic N) is 1. The van der Waals surface area contributed by atoms with Crippen molar-refractivity contribution in [2.75, 3.05) is 7.11 Å². The number of hydrogen-bond acceptors (Lipinski definition) is 3. The lowest BCUT2D eigenvalue weighted by atomic mass is 10.1. The summed E-state index contributed by atoms with van der Waals surface area (Å²) in [5, 5.41) is 0.564. The zero-order valence-electron chi connectivity index (χ0n) is 13.8. The molecule has 1 aromatic carbocycles. The third-order valence-corrected chi connectivity index (χ3v) is 4.16. The van der Waals surface area contributed by atoms with Gasteiger partial charge in [-0.25, -0.2) is 0 Å². The largest absolute Gasteiger partial charge is 0.493 e. The van der Waals surface area contributed by atoms with Crippen molar-refractivity contribution in [3.63, 3.8) is 0 Å². The molecule has 0 bridgehead atoms. The molecule has 0 aliphatic carbocycles.